The SMILES string of the molecule is CC(C)Cc1cc(-c2[c-]cccc2)ncc1[Si](C)(C)C.Cc1cc2c(oc3c(-c4cc(CC(C)(C)C)ccn4)[c-]ccc32)c(C(C)c2ccccc2)n1.[Ir]. The summed E-state index contributed by atoms with van der Waals surface area (Å²) in [6, 6.07) is 37.9. The van der Waals surface area contributed by atoms with Gasteiger partial charge in [0, 0.05) is 49.5 Å². The minimum atomic E-state index is -1.34. The molecule has 1 unspecified atom stereocenters. The quantitative estimate of drug-likeness (QED) is 0.113. The summed E-state index contributed by atoms with van der Waals surface area (Å²) in [7, 11) is -1.34. The standard InChI is InChI=1S/C30H29N2O.C18H24NSi.Ir/c1-19-16-25-23-12-9-13-24(26-17-21(14-15-31-26)18-30(3,4)5)28(23)33-29(25)27(32-19)20(2)22-10-7-6-8-11-22;1-14(2)11-16-12-17(15-9-7-6-8-10-15)19-13-18(16)20(3,4)5;/h6-12,14-17,20H,18H2,1-5H3;6-9,12-14H,11H2,1-5H3;/q2*-1;. The van der Waals surface area contributed by atoms with Crippen LogP contribution in [-0.2, 0) is 32.9 Å². The summed E-state index contributed by atoms with van der Waals surface area (Å²) < 4.78 is 6.57. The van der Waals surface area contributed by atoms with E-state index in [2.05, 4.69) is 150 Å². The van der Waals surface area contributed by atoms with E-state index in [-0.39, 0.29) is 31.4 Å². The van der Waals surface area contributed by atoms with Crippen LogP contribution in [-0.4, -0.2) is 23.0 Å². The van der Waals surface area contributed by atoms with Gasteiger partial charge in [0.05, 0.1) is 19.4 Å². The van der Waals surface area contributed by atoms with Crippen molar-refractivity contribution in [1.82, 2.24) is 15.0 Å². The largest absolute Gasteiger partial charge is 0.499 e. The maximum atomic E-state index is 6.57. The second-order valence-electron chi connectivity index (χ2n) is 17.0. The molecule has 0 amide bonds. The van der Waals surface area contributed by atoms with E-state index < -0.39 is 8.07 Å². The van der Waals surface area contributed by atoms with Crippen molar-refractivity contribution >= 4 is 35.2 Å². The minimum absolute atomic E-state index is 0. The Balaban J connectivity index is 0.000000230. The molecule has 1 radical (unpaired) electrons. The van der Waals surface area contributed by atoms with Crippen LogP contribution in [0.2, 0.25) is 19.6 Å². The second kappa shape index (κ2) is 17.1. The number of hydrogen-bond donors (Lipinski definition) is 0. The van der Waals surface area contributed by atoms with Crippen LogP contribution in [0, 0.1) is 30.4 Å². The molecule has 0 bridgehead atoms. The second-order valence-corrected chi connectivity index (χ2v) is 22.0. The molecule has 7 aromatic rings. The predicted octanol–water partition coefficient (Wildman–Crippen LogP) is 12.2. The van der Waals surface area contributed by atoms with Crippen molar-refractivity contribution in [2.75, 3.05) is 0 Å². The van der Waals surface area contributed by atoms with Gasteiger partial charge in [-0.3, -0.25) is 4.98 Å². The first-order valence-electron chi connectivity index (χ1n) is 18.9. The van der Waals surface area contributed by atoms with E-state index in [1.54, 1.807) is 0 Å². The molecule has 0 aliphatic rings. The molecule has 0 aliphatic carbocycles. The Morgan fingerprint density at radius 1 is 0.778 bits per heavy atom. The monoisotopic (exact) mass is 908 g/mol. The number of pyridine rings is 3. The van der Waals surface area contributed by atoms with Gasteiger partial charge in [-0.25, -0.2) is 0 Å². The fourth-order valence-corrected chi connectivity index (χ4v) is 8.68. The fourth-order valence-electron chi connectivity index (χ4n) is 7.09. The number of aromatic nitrogens is 3. The zero-order valence-electron chi connectivity index (χ0n) is 33.5. The molecule has 1 atom stereocenters. The van der Waals surface area contributed by atoms with Gasteiger partial charge in [0.15, 0.2) is 0 Å². The van der Waals surface area contributed by atoms with Crippen molar-refractivity contribution in [1.29, 1.82) is 0 Å². The summed E-state index contributed by atoms with van der Waals surface area (Å²) in [6.07, 6.45) is 6.11. The summed E-state index contributed by atoms with van der Waals surface area (Å²) in [5.74, 6) is 0.787. The third-order valence-electron chi connectivity index (χ3n) is 9.51. The van der Waals surface area contributed by atoms with Crippen molar-refractivity contribution in [2.24, 2.45) is 11.3 Å². The molecule has 0 fully saturated rings. The van der Waals surface area contributed by atoms with E-state index in [1.807, 2.05) is 43.5 Å². The third kappa shape index (κ3) is 9.71. The van der Waals surface area contributed by atoms with Crippen LogP contribution in [0.25, 0.3) is 44.5 Å². The van der Waals surface area contributed by atoms with Crippen LogP contribution in [0.15, 0.2) is 108 Å². The average Bonchev–Trinajstić information content (AvgIpc) is 3.49. The fraction of sp³-hybridized carbons (Fsp3) is 0.312. The maximum Gasteiger partial charge on any atom is 0.143 e. The van der Waals surface area contributed by atoms with E-state index in [0.29, 0.717) is 5.92 Å². The number of nitrogens with zero attached hydrogens (tertiary/aromatic N) is 3. The molecule has 0 aliphatic heterocycles. The van der Waals surface area contributed by atoms with Crippen LogP contribution in [0.5, 0.6) is 0 Å². The van der Waals surface area contributed by atoms with Gasteiger partial charge in [-0.2, -0.15) is 0 Å². The molecule has 0 saturated carbocycles. The van der Waals surface area contributed by atoms with E-state index in [9.17, 15) is 0 Å². The van der Waals surface area contributed by atoms with Crippen molar-refractivity contribution in [3.8, 4) is 22.5 Å². The molecule has 4 heterocycles. The summed E-state index contributed by atoms with van der Waals surface area (Å²) >= 11 is 0. The molecule has 3 aromatic carbocycles. The molecular formula is C48H53IrN3OSi-2. The average molecular weight is 908 g/mol. The van der Waals surface area contributed by atoms with Crippen molar-refractivity contribution in [3.63, 3.8) is 0 Å². The molecule has 0 N–H and O–H groups in total. The van der Waals surface area contributed by atoms with Gasteiger partial charge in [0.1, 0.15) is 5.58 Å². The van der Waals surface area contributed by atoms with Gasteiger partial charge >= 0.3 is 0 Å². The Labute approximate surface area is 337 Å². The summed E-state index contributed by atoms with van der Waals surface area (Å²) in [6.45, 7) is 22.7. The molecule has 4 nitrogen and oxygen atoms in total. The Morgan fingerprint density at radius 3 is 2.19 bits per heavy atom. The van der Waals surface area contributed by atoms with Gasteiger partial charge in [-0.1, -0.05) is 126 Å². The van der Waals surface area contributed by atoms with Crippen LogP contribution >= 0.6 is 0 Å². The normalized spacial score (nSPS) is 12.4. The predicted molar refractivity (Wildman–Crippen MR) is 225 cm³/mol. The third-order valence-corrected chi connectivity index (χ3v) is 11.6. The van der Waals surface area contributed by atoms with Gasteiger partial charge in [-0.15, -0.1) is 54.1 Å². The van der Waals surface area contributed by atoms with Gasteiger partial charge < -0.3 is 14.4 Å². The maximum absolute atomic E-state index is 6.57. The Bertz CT molecular complexity index is 2320. The summed E-state index contributed by atoms with van der Waals surface area (Å²) in [4.78, 5) is 14.3. The molecule has 6 heteroatoms. The molecule has 54 heavy (non-hydrogen) atoms. The van der Waals surface area contributed by atoms with Gasteiger partial charge in [-0.05, 0) is 65.4 Å². The van der Waals surface area contributed by atoms with E-state index in [1.165, 1.54) is 21.9 Å². The minimum Gasteiger partial charge on any atom is -0.499 e. The van der Waals surface area contributed by atoms with Gasteiger partial charge in [0.25, 0.3) is 0 Å². The molecule has 7 rings (SSSR count). The first-order chi connectivity index (χ1) is 25.2. The summed E-state index contributed by atoms with van der Waals surface area (Å²) in [5, 5.41) is 3.66. The number of benzene rings is 3. The Morgan fingerprint density at radius 2 is 1.52 bits per heavy atom. The zero-order chi connectivity index (χ0) is 37.9. The number of hydrogen-bond acceptors (Lipinski definition) is 4. The smallest absolute Gasteiger partial charge is 0.143 e. The summed E-state index contributed by atoms with van der Waals surface area (Å²) in [5.41, 5.74) is 11.7. The van der Waals surface area contributed by atoms with E-state index in [0.717, 1.165) is 68.7 Å². The Kier molecular flexibility index (Phi) is 12.9. The van der Waals surface area contributed by atoms with E-state index in [4.69, 9.17) is 9.40 Å². The molecular weight excluding hydrogens is 855 g/mol. The Hall–Kier alpha value is -4.22. The zero-order valence-corrected chi connectivity index (χ0v) is 36.9. The van der Waals surface area contributed by atoms with Gasteiger partial charge in [0.2, 0.25) is 0 Å². The first kappa shape index (κ1) is 41.0. The van der Waals surface area contributed by atoms with Crippen molar-refractivity contribution < 1.29 is 24.5 Å². The van der Waals surface area contributed by atoms with Crippen molar-refractivity contribution in [3.05, 3.63) is 144 Å². The molecule has 0 spiro atoms. The van der Waals surface area contributed by atoms with Crippen LogP contribution in [0.3, 0.4) is 0 Å². The topological polar surface area (TPSA) is 51.8 Å². The van der Waals surface area contributed by atoms with Crippen LogP contribution < -0.4 is 5.19 Å². The number of furan rings is 1. The number of fused-ring (bicyclic) bond motifs is 3. The number of rotatable bonds is 8. The molecule has 4 aromatic heterocycles. The van der Waals surface area contributed by atoms with Crippen LogP contribution in [0.4, 0.5) is 0 Å². The first-order valence-corrected chi connectivity index (χ1v) is 22.4. The number of aryl methyl sites for hydroxylation is 1. The van der Waals surface area contributed by atoms with E-state index >= 15 is 0 Å². The van der Waals surface area contributed by atoms with Crippen LogP contribution in [0.1, 0.15) is 75.5 Å². The molecule has 281 valence electrons. The molecule has 0 saturated heterocycles. The van der Waals surface area contributed by atoms with Crippen molar-refractivity contribution in [2.45, 2.75) is 86.9 Å².